The largest absolute Gasteiger partial charge is 0.370 e. The van der Waals surface area contributed by atoms with Crippen LogP contribution in [0.3, 0.4) is 0 Å². The van der Waals surface area contributed by atoms with Gasteiger partial charge in [0.05, 0.1) is 17.3 Å². The lowest BCUT2D eigenvalue weighted by atomic mass is 9.78. The van der Waals surface area contributed by atoms with Crippen LogP contribution in [-0.4, -0.2) is 30.5 Å². The second-order valence-corrected chi connectivity index (χ2v) is 8.58. The molecule has 4 nitrogen and oxygen atoms in total. The molecule has 148 valence electrons. The van der Waals surface area contributed by atoms with E-state index in [2.05, 4.69) is 21.3 Å². The summed E-state index contributed by atoms with van der Waals surface area (Å²) in [5, 5.41) is 4.02. The second-order valence-electron chi connectivity index (χ2n) is 8.15. The minimum Gasteiger partial charge on any atom is -0.370 e. The van der Waals surface area contributed by atoms with E-state index in [1.54, 1.807) is 0 Å². The number of hydrogen-bond donors (Lipinski definition) is 1. The van der Waals surface area contributed by atoms with Crippen molar-refractivity contribution >= 4 is 23.2 Å². The van der Waals surface area contributed by atoms with Gasteiger partial charge in [-0.3, -0.25) is 9.78 Å². The van der Waals surface area contributed by atoms with Crippen molar-refractivity contribution in [3.05, 3.63) is 59.4 Å². The third-order valence-corrected chi connectivity index (χ3v) is 6.72. The zero-order valence-electron chi connectivity index (χ0n) is 16.2. The van der Waals surface area contributed by atoms with Crippen LogP contribution < -0.4 is 10.2 Å². The van der Waals surface area contributed by atoms with E-state index in [0.29, 0.717) is 5.92 Å². The summed E-state index contributed by atoms with van der Waals surface area (Å²) in [7, 11) is 0. The van der Waals surface area contributed by atoms with Gasteiger partial charge in [-0.2, -0.15) is 0 Å². The quantitative estimate of drug-likeness (QED) is 0.803. The minimum absolute atomic E-state index is 0.196. The average molecular weight is 398 g/mol. The molecule has 28 heavy (non-hydrogen) atoms. The highest BCUT2D eigenvalue weighted by molar-refractivity contribution is 6.30. The van der Waals surface area contributed by atoms with Crippen molar-refractivity contribution in [2.45, 2.75) is 43.9 Å². The van der Waals surface area contributed by atoms with Crippen LogP contribution in [0.25, 0.3) is 0 Å². The van der Waals surface area contributed by atoms with Gasteiger partial charge in [-0.05, 0) is 61.4 Å². The van der Waals surface area contributed by atoms with Crippen LogP contribution in [0.1, 0.15) is 44.1 Å². The molecule has 2 fully saturated rings. The number of nitrogens with one attached hydrogen (secondary N) is 1. The van der Waals surface area contributed by atoms with Crippen LogP contribution >= 0.6 is 11.6 Å². The Bertz CT molecular complexity index is 779. The van der Waals surface area contributed by atoms with Gasteiger partial charge in [-0.25, -0.2) is 0 Å². The molecule has 1 saturated carbocycles. The Balaban J connectivity index is 1.34. The number of amides is 1. The second kappa shape index (κ2) is 8.52. The zero-order chi connectivity index (χ0) is 19.4. The molecule has 0 bridgehead atoms. The number of nitrogens with zero attached hydrogens (tertiary/aromatic N) is 2. The average Bonchev–Trinajstić information content (AvgIpc) is 3.25. The molecule has 1 aromatic carbocycles. The first-order valence-electron chi connectivity index (χ1n) is 10.4. The van der Waals surface area contributed by atoms with Crippen LogP contribution in [0.4, 0.5) is 5.69 Å². The third kappa shape index (κ3) is 4.02. The number of aromatic nitrogens is 1. The lowest BCUT2D eigenvalue weighted by Crippen LogP contribution is -2.45. The summed E-state index contributed by atoms with van der Waals surface area (Å²) in [6.07, 6.45) is 10.0. The van der Waals surface area contributed by atoms with E-state index in [1.165, 1.54) is 5.69 Å². The summed E-state index contributed by atoms with van der Waals surface area (Å²) in [5.74, 6) is 0.738. The van der Waals surface area contributed by atoms with Crippen molar-refractivity contribution in [3.63, 3.8) is 0 Å². The van der Waals surface area contributed by atoms with Gasteiger partial charge < -0.3 is 10.2 Å². The van der Waals surface area contributed by atoms with Gasteiger partial charge >= 0.3 is 0 Å². The molecular weight excluding hydrogens is 370 g/mol. The summed E-state index contributed by atoms with van der Waals surface area (Å²) in [5.41, 5.74) is 1.93. The number of benzene rings is 1. The third-order valence-electron chi connectivity index (χ3n) is 6.47. The standard InChI is InChI=1S/C23H28ClN3O/c24-20-7-5-19(6-8-20)23(11-1-2-12-23)22(28)26-16-18-9-14-27(15-10-18)21-4-3-13-25-17-21/h3-8,13,17-18H,1-2,9-12,14-16H2,(H,26,28). The summed E-state index contributed by atoms with van der Waals surface area (Å²) >= 11 is 6.05. The summed E-state index contributed by atoms with van der Waals surface area (Å²) in [6, 6.07) is 12.0. The Hall–Kier alpha value is -2.07. The molecule has 2 aromatic rings. The molecule has 5 heteroatoms. The molecule has 1 N–H and O–H groups in total. The molecule has 1 saturated heterocycles. The molecule has 1 aromatic heterocycles. The van der Waals surface area contributed by atoms with E-state index in [-0.39, 0.29) is 11.3 Å². The van der Waals surface area contributed by atoms with E-state index in [4.69, 9.17) is 11.6 Å². The first kappa shape index (κ1) is 19.3. The molecule has 2 heterocycles. The first-order valence-corrected chi connectivity index (χ1v) is 10.7. The fourth-order valence-corrected chi connectivity index (χ4v) is 4.86. The van der Waals surface area contributed by atoms with Crippen molar-refractivity contribution in [2.75, 3.05) is 24.5 Å². The van der Waals surface area contributed by atoms with Crippen molar-refractivity contribution in [2.24, 2.45) is 5.92 Å². The van der Waals surface area contributed by atoms with Crippen molar-refractivity contribution in [1.82, 2.24) is 10.3 Å². The fourth-order valence-electron chi connectivity index (χ4n) is 4.74. The van der Waals surface area contributed by atoms with Gasteiger partial charge in [0, 0.05) is 30.9 Å². The first-order chi connectivity index (χ1) is 13.7. The number of carbonyl (C=O) groups is 1. The lowest BCUT2D eigenvalue weighted by molar-refractivity contribution is -0.126. The SMILES string of the molecule is O=C(NCC1CCN(c2cccnc2)CC1)C1(c2ccc(Cl)cc2)CCCC1. The maximum absolute atomic E-state index is 13.2. The summed E-state index contributed by atoms with van der Waals surface area (Å²) < 4.78 is 0. The maximum Gasteiger partial charge on any atom is 0.230 e. The van der Waals surface area contributed by atoms with Crippen molar-refractivity contribution in [1.29, 1.82) is 0 Å². The molecule has 1 amide bonds. The van der Waals surface area contributed by atoms with Gasteiger partial charge in [-0.1, -0.05) is 36.6 Å². The monoisotopic (exact) mass is 397 g/mol. The van der Waals surface area contributed by atoms with E-state index >= 15 is 0 Å². The van der Waals surface area contributed by atoms with Crippen LogP contribution in [0.5, 0.6) is 0 Å². The molecule has 0 atom stereocenters. The molecule has 0 spiro atoms. The van der Waals surface area contributed by atoms with Crippen LogP contribution in [-0.2, 0) is 10.2 Å². The van der Waals surface area contributed by atoms with Crippen molar-refractivity contribution < 1.29 is 4.79 Å². The minimum atomic E-state index is -0.374. The van der Waals surface area contributed by atoms with E-state index < -0.39 is 0 Å². The Morgan fingerprint density at radius 2 is 1.86 bits per heavy atom. The predicted octanol–water partition coefficient (Wildman–Crippen LogP) is 4.58. The van der Waals surface area contributed by atoms with Gasteiger partial charge in [0.2, 0.25) is 5.91 Å². The maximum atomic E-state index is 13.2. The molecule has 0 unspecified atom stereocenters. The topological polar surface area (TPSA) is 45.2 Å². The highest BCUT2D eigenvalue weighted by Crippen LogP contribution is 2.41. The molecule has 1 aliphatic heterocycles. The number of carbonyl (C=O) groups excluding carboxylic acids is 1. The smallest absolute Gasteiger partial charge is 0.230 e. The Morgan fingerprint density at radius 3 is 2.50 bits per heavy atom. The predicted molar refractivity (Wildman–Crippen MR) is 114 cm³/mol. The van der Waals surface area contributed by atoms with Gasteiger partial charge in [0.25, 0.3) is 0 Å². The highest BCUT2D eigenvalue weighted by atomic mass is 35.5. The number of hydrogen-bond acceptors (Lipinski definition) is 3. The summed E-state index contributed by atoms with van der Waals surface area (Å²) in [6.45, 7) is 2.82. The number of halogens is 1. The van der Waals surface area contributed by atoms with E-state index in [9.17, 15) is 4.79 Å². The fraction of sp³-hybridized carbons (Fsp3) is 0.478. The van der Waals surface area contributed by atoms with Crippen LogP contribution in [0.2, 0.25) is 5.02 Å². The van der Waals surface area contributed by atoms with Gasteiger partial charge in [-0.15, -0.1) is 0 Å². The highest BCUT2D eigenvalue weighted by Gasteiger charge is 2.42. The molecule has 0 radical (unpaired) electrons. The van der Waals surface area contributed by atoms with E-state index in [0.717, 1.165) is 68.7 Å². The Kier molecular flexibility index (Phi) is 5.86. The van der Waals surface area contributed by atoms with Crippen LogP contribution in [0, 0.1) is 5.92 Å². The van der Waals surface area contributed by atoms with Crippen molar-refractivity contribution in [3.8, 4) is 0 Å². The van der Waals surface area contributed by atoms with Gasteiger partial charge in [0.15, 0.2) is 0 Å². The summed E-state index contributed by atoms with van der Waals surface area (Å²) in [4.78, 5) is 19.8. The number of piperidine rings is 1. The number of anilines is 1. The normalized spacial score (nSPS) is 19.5. The number of pyridine rings is 1. The molecule has 2 aliphatic rings. The van der Waals surface area contributed by atoms with Gasteiger partial charge in [0.1, 0.15) is 0 Å². The van der Waals surface area contributed by atoms with E-state index in [1.807, 2.05) is 42.7 Å². The zero-order valence-corrected chi connectivity index (χ0v) is 17.0. The molecular formula is C23H28ClN3O. The Labute approximate surface area is 172 Å². The Morgan fingerprint density at radius 1 is 1.14 bits per heavy atom. The van der Waals surface area contributed by atoms with Crippen LogP contribution in [0.15, 0.2) is 48.8 Å². The molecule has 4 rings (SSSR count). The molecule has 1 aliphatic carbocycles. The number of rotatable bonds is 5. The lowest BCUT2D eigenvalue weighted by Gasteiger charge is -2.34.